The number of hydrogen-bond acceptors (Lipinski definition) is 3. The van der Waals surface area contributed by atoms with Crippen LogP contribution in [0, 0.1) is 13.8 Å². The number of carbonyl (C=O) groups is 1. The van der Waals surface area contributed by atoms with Crippen LogP contribution in [0.2, 0.25) is 0 Å². The van der Waals surface area contributed by atoms with Crippen molar-refractivity contribution in [2.24, 2.45) is 0 Å². The fourth-order valence-corrected chi connectivity index (χ4v) is 2.55. The van der Waals surface area contributed by atoms with Crippen molar-refractivity contribution in [2.75, 3.05) is 11.9 Å². The van der Waals surface area contributed by atoms with Crippen molar-refractivity contribution in [3.63, 3.8) is 0 Å². The molecule has 120 valence electrons. The van der Waals surface area contributed by atoms with Crippen LogP contribution < -0.4 is 15.4 Å². The minimum atomic E-state index is -0.310. The van der Waals surface area contributed by atoms with Gasteiger partial charge in [-0.1, -0.05) is 22.0 Å². The number of rotatable bonds is 4. The second kappa shape index (κ2) is 8.08. The number of benzene rings is 2. The fourth-order valence-electron chi connectivity index (χ4n) is 2.05. The Kier molecular flexibility index (Phi) is 6.12. The molecular formula is C17H17BrN2O2S. The molecule has 4 nitrogen and oxygen atoms in total. The minimum Gasteiger partial charge on any atom is -0.484 e. The quantitative estimate of drug-likeness (QED) is 0.773. The maximum atomic E-state index is 11.8. The van der Waals surface area contributed by atoms with E-state index in [1.807, 2.05) is 38.1 Å². The molecule has 2 aromatic carbocycles. The van der Waals surface area contributed by atoms with Gasteiger partial charge in [-0.25, -0.2) is 0 Å². The Bertz CT molecular complexity index is 697. The Balaban J connectivity index is 1.82. The normalized spacial score (nSPS) is 10.0. The van der Waals surface area contributed by atoms with E-state index in [9.17, 15) is 4.79 Å². The molecule has 0 aliphatic heterocycles. The number of ether oxygens (including phenoxy) is 1. The first-order valence-corrected chi connectivity index (χ1v) is 8.20. The third-order valence-corrected chi connectivity index (χ3v) is 3.65. The van der Waals surface area contributed by atoms with Gasteiger partial charge in [-0.15, -0.1) is 0 Å². The molecule has 0 heterocycles. The third-order valence-electron chi connectivity index (χ3n) is 2.92. The number of aryl methyl sites for hydroxylation is 2. The number of thiocarbonyl (C=S) groups is 1. The lowest BCUT2D eigenvalue weighted by Crippen LogP contribution is -2.37. The molecule has 0 aliphatic carbocycles. The van der Waals surface area contributed by atoms with Crippen LogP contribution in [0.3, 0.4) is 0 Å². The zero-order valence-corrected chi connectivity index (χ0v) is 15.3. The van der Waals surface area contributed by atoms with Crippen molar-refractivity contribution in [2.45, 2.75) is 13.8 Å². The van der Waals surface area contributed by atoms with E-state index < -0.39 is 0 Å². The van der Waals surface area contributed by atoms with Crippen molar-refractivity contribution in [3.05, 3.63) is 58.1 Å². The van der Waals surface area contributed by atoms with Crippen LogP contribution in [0.15, 0.2) is 46.9 Å². The van der Waals surface area contributed by atoms with Gasteiger partial charge >= 0.3 is 0 Å². The van der Waals surface area contributed by atoms with Crippen molar-refractivity contribution in [1.82, 2.24) is 5.32 Å². The summed E-state index contributed by atoms with van der Waals surface area (Å²) in [6, 6.07) is 13.2. The molecule has 2 aromatic rings. The molecule has 0 aliphatic rings. The zero-order valence-electron chi connectivity index (χ0n) is 12.9. The highest BCUT2D eigenvalue weighted by Crippen LogP contribution is 2.16. The van der Waals surface area contributed by atoms with Gasteiger partial charge in [0.25, 0.3) is 5.91 Å². The molecule has 23 heavy (non-hydrogen) atoms. The predicted molar refractivity (Wildman–Crippen MR) is 99.9 cm³/mol. The molecule has 0 atom stereocenters. The molecule has 0 fully saturated rings. The van der Waals surface area contributed by atoms with Gasteiger partial charge in [0.05, 0.1) is 0 Å². The summed E-state index contributed by atoms with van der Waals surface area (Å²) < 4.78 is 6.34. The average Bonchev–Trinajstić information content (AvgIpc) is 2.45. The van der Waals surface area contributed by atoms with Crippen molar-refractivity contribution < 1.29 is 9.53 Å². The molecule has 0 spiro atoms. The van der Waals surface area contributed by atoms with Crippen LogP contribution in [0.25, 0.3) is 0 Å². The van der Waals surface area contributed by atoms with Gasteiger partial charge in [-0.2, -0.15) is 0 Å². The summed E-state index contributed by atoms with van der Waals surface area (Å²) in [5.41, 5.74) is 3.10. The molecule has 1 amide bonds. The monoisotopic (exact) mass is 392 g/mol. The predicted octanol–water partition coefficient (Wildman–Crippen LogP) is 3.96. The fraction of sp³-hybridized carbons (Fsp3) is 0.176. The molecule has 0 radical (unpaired) electrons. The maximum absolute atomic E-state index is 11.8. The van der Waals surface area contributed by atoms with Gasteiger partial charge in [0.1, 0.15) is 5.75 Å². The van der Waals surface area contributed by atoms with Crippen LogP contribution in [0.1, 0.15) is 11.1 Å². The van der Waals surface area contributed by atoms with E-state index in [0.717, 1.165) is 21.3 Å². The molecule has 2 N–H and O–H groups in total. The van der Waals surface area contributed by atoms with Crippen LogP contribution in [0.5, 0.6) is 5.75 Å². The standard InChI is InChI=1S/C17H17BrN2O2S/c1-11-7-12(2)9-14(8-11)19-17(23)20-16(21)10-22-15-5-3-13(18)4-6-15/h3-9H,10H2,1-2H3,(H2,19,20,21,23). The van der Waals surface area contributed by atoms with E-state index in [2.05, 4.69) is 32.6 Å². The minimum absolute atomic E-state index is 0.101. The van der Waals surface area contributed by atoms with Gasteiger partial charge in [0, 0.05) is 10.2 Å². The van der Waals surface area contributed by atoms with Gasteiger partial charge in [0.2, 0.25) is 0 Å². The summed E-state index contributed by atoms with van der Waals surface area (Å²) in [6.45, 7) is 3.91. The highest BCUT2D eigenvalue weighted by atomic mass is 79.9. The maximum Gasteiger partial charge on any atom is 0.264 e. The zero-order chi connectivity index (χ0) is 16.8. The van der Waals surface area contributed by atoms with Crippen molar-refractivity contribution in [1.29, 1.82) is 0 Å². The average molecular weight is 393 g/mol. The summed E-state index contributed by atoms with van der Waals surface area (Å²) in [5.74, 6) is 0.311. The van der Waals surface area contributed by atoms with Crippen molar-refractivity contribution in [3.8, 4) is 5.75 Å². The molecular weight excluding hydrogens is 376 g/mol. The Labute approximate surface area is 149 Å². The second-order valence-electron chi connectivity index (χ2n) is 5.12. The molecule has 0 bridgehead atoms. The van der Waals surface area contributed by atoms with Crippen LogP contribution in [-0.2, 0) is 4.79 Å². The third kappa shape index (κ3) is 6.00. The smallest absolute Gasteiger partial charge is 0.264 e. The van der Waals surface area contributed by atoms with Gasteiger partial charge < -0.3 is 10.1 Å². The number of halogens is 1. The lowest BCUT2D eigenvalue weighted by atomic mass is 10.1. The van der Waals surface area contributed by atoms with Crippen molar-refractivity contribution >= 4 is 44.9 Å². The summed E-state index contributed by atoms with van der Waals surface area (Å²) in [4.78, 5) is 11.8. The van der Waals surface area contributed by atoms with E-state index >= 15 is 0 Å². The van der Waals surface area contributed by atoms with E-state index in [-0.39, 0.29) is 17.6 Å². The van der Waals surface area contributed by atoms with Gasteiger partial charge in [-0.05, 0) is 73.6 Å². The number of nitrogens with one attached hydrogen (secondary N) is 2. The number of anilines is 1. The van der Waals surface area contributed by atoms with Crippen LogP contribution >= 0.6 is 28.1 Å². The molecule has 2 rings (SSSR count). The topological polar surface area (TPSA) is 50.4 Å². The molecule has 0 saturated carbocycles. The summed E-state index contributed by atoms with van der Waals surface area (Å²) in [7, 11) is 0. The Morgan fingerprint density at radius 2 is 1.74 bits per heavy atom. The van der Waals surface area contributed by atoms with E-state index in [0.29, 0.717) is 5.75 Å². The Morgan fingerprint density at radius 3 is 2.35 bits per heavy atom. The second-order valence-corrected chi connectivity index (χ2v) is 6.45. The number of amides is 1. The summed E-state index contributed by atoms with van der Waals surface area (Å²) in [5, 5.41) is 5.84. The first-order chi connectivity index (χ1) is 10.9. The summed E-state index contributed by atoms with van der Waals surface area (Å²) >= 11 is 8.48. The van der Waals surface area contributed by atoms with E-state index in [1.54, 1.807) is 12.1 Å². The summed E-state index contributed by atoms with van der Waals surface area (Å²) in [6.07, 6.45) is 0. The SMILES string of the molecule is Cc1cc(C)cc(NC(=S)NC(=O)COc2ccc(Br)cc2)c1. The lowest BCUT2D eigenvalue weighted by molar-refractivity contribution is -0.121. The molecule has 0 unspecified atom stereocenters. The molecule has 6 heteroatoms. The first-order valence-electron chi connectivity index (χ1n) is 7.00. The number of carbonyl (C=O) groups excluding carboxylic acids is 1. The Morgan fingerprint density at radius 1 is 1.13 bits per heavy atom. The van der Waals surface area contributed by atoms with Gasteiger partial charge in [-0.3, -0.25) is 10.1 Å². The number of hydrogen-bond donors (Lipinski definition) is 2. The van der Waals surface area contributed by atoms with Crippen LogP contribution in [0.4, 0.5) is 5.69 Å². The van der Waals surface area contributed by atoms with Gasteiger partial charge in [0.15, 0.2) is 11.7 Å². The molecule has 0 aromatic heterocycles. The highest BCUT2D eigenvalue weighted by Gasteiger charge is 2.06. The van der Waals surface area contributed by atoms with Crippen LogP contribution in [-0.4, -0.2) is 17.6 Å². The Hall–Kier alpha value is -1.92. The lowest BCUT2D eigenvalue weighted by Gasteiger charge is -2.11. The highest BCUT2D eigenvalue weighted by molar-refractivity contribution is 9.10. The van der Waals surface area contributed by atoms with E-state index in [4.69, 9.17) is 17.0 Å². The molecule has 0 saturated heterocycles. The first kappa shape index (κ1) is 17.4. The van der Waals surface area contributed by atoms with E-state index in [1.165, 1.54) is 0 Å². The largest absolute Gasteiger partial charge is 0.484 e.